The number of amides is 1. The molecule has 0 aliphatic rings. The molecule has 1 atom stereocenters. The number of quaternary nitrogens is 1. The summed E-state index contributed by atoms with van der Waals surface area (Å²) in [6.07, 6.45) is -4.40. The van der Waals surface area contributed by atoms with Crippen LogP contribution in [0.3, 0.4) is 0 Å². The van der Waals surface area contributed by atoms with Gasteiger partial charge in [0.05, 0.1) is 26.8 Å². The average Bonchev–Trinajstić information content (AvgIpc) is 2.61. The average molecular weight is 383 g/mol. The van der Waals surface area contributed by atoms with Crippen molar-refractivity contribution in [3.05, 3.63) is 53.6 Å². The van der Waals surface area contributed by atoms with E-state index in [-0.39, 0.29) is 12.5 Å². The number of hydrogen-bond donors (Lipinski definition) is 2. The van der Waals surface area contributed by atoms with Gasteiger partial charge in [-0.3, -0.25) is 4.79 Å². The lowest BCUT2D eigenvalue weighted by Gasteiger charge is -2.16. The van der Waals surface area contributed by atoms with E-state index in [1.165, 1.54) is 12.1 Å². The molecule has 0 saturated heterocycles. The first-order chi connectivity index (χ1) is 12.7. The Bertz CT molecular complexity index is 777. The van der Waals surface area contributed by atoms with Crippen molar-refractivity contribution < 1.29 is 32.3 Å². The van der Waals surface area contributed by atoms with Crippen molar-refractivity contribution in [2.75, 3.05) is 33.1 Å². The van der Waals surface area contributed by atoms with Gasteiger partial charge in [-0.1, -0.05) is 0 Å². The van der Waals surface area contributed by atoms with Gasteiger partial charge >= 0.3 is 6.18 Å². The third kappa shape index (κ3) is 5.89. The van der Waals surface area contributed by atoms with Crippen molar-refractivity contribution in [1.82, 2.24) is 0 Å². The fourth-order valence-corrected chi connectivity index (χ4v) is 2.61. The quantitative estimate of drug-likeness (QED) is 0.772. The molecular weight excluding hydrogens is 361 g/mol. The van der Waals surface area contributed by atoms with Gasteiger partial charge in [-0.25, -0.2) is 0 Å². The van der Waals surface area contributed by atoms with E-state index in [1.54, 1.807) is 20.3 Å². The zero-order valence-corrected chi connectivity index (χ0v) is 15.3. The summed E-state index contributed by atoms with van der Waals surface area (Å²) in [6.45, 7) is 0.684. The van der Waals surface area contributed by atoms with E-state index in [0.29, 0.717) is 23.7 Å². The third-order valence-corrected chi connectivity index (χ3v) is 3.94. The number of halogens is 3. The van der Waals surface area contributed by atoms with Crippen LogP contribution in [-0.2, 0) is 17.5 Å². The van der Waals surface area contributed by atoms with Gasteiger partial charge in [0, 0.05) is 17.3 Å². The number of ether oxygens (including phenoxy) is 2. The Hall–Kier alpha value is -2.74. The molecule has 0 heterocycles. The molecule has 8 heteroatoms. The number of nitrogens with one attached hydrogen (secondary N) is 2. The summed E-state index contributed by atoms with van der Waals surface area (Å²) in [5, 5.41) is 2.61. The van der Waals surface area contributed by atoms with Crippen LogP contribution in [0.4, 0.5) is 18.9 Å². The molecule has 0 fully saturated rings. The van der Waals surface area contributed by atoms with Crippen molar-refractivity contribution >= 4 is 11.6 Å². The maximum absolute atomic E-state index is 12.6. The first-order valence-electron chi connectivity index (χ1n) is 8.22. The maximum atomic E-state index is 12.6. The zero-order chi connectivity index (χ0) is 20.0. The second-order valence-electron chi connectivity index (χ2n) is 6.11. The molecule has 0 saturated carbocycles. The predicted octanol–water partition coefficient (Wildman–Crippen LogP) is 2.38. The number of anilines is 1. The molecule has 0 bridgehead atoms. The van der Waals surface area contributed by atoms with Crippen molar-refractivity contribution in [3.63, 3.8) is 0 Å². The Morgan fingerprint density at radius 1 is 1.07 bits per heavy atom. The Kier molecular flexibility index (Phi) is 6.68. The molecular formula is C19H22F3N2O3+. The molecule has 1 amide bonds. The molecule has 146 valence electrons. The van der Waals surface area contributed by atoms with Gasteiger partial charge < -0.3 is 19.7 Å². The van der Waals surface area contributed by atoms with Crippen LogP contribution in [0.2, 0.25) is 0 Å². The van der Waals surface area contributed by atoms with Crippen molar-refractivity contribution in [3.8, 4) is 11.5 Å². The highest BCUT2D eigenvalue weighted by molar-refractivity contribution is 5.91. The number of hydrogen-bond acceptors (Lipinski definition) is 3. The summed E-state index contributed by atoms with van der Waals surface area (Å²) < 4.78 is 48.2. The lowest BCUT2D eigenvalue weighted by Crippen LogP contribution is -3.08. The number of likely N-dealkylation sites (N-methyl/N-ethyl adjacent to an activating group) is 1. The minimum absolute atomic E-state index is 0.149. The third-order valence-electron chi connectivity index (χ3n) is 3.94. The van der Waals surface area contributed by atoms with E-state index >= 15 is 0 Å². The van der Waals surface area contributed by atoms with Crippen LogP contribution in [0.1, 0.15) is 11.1 Å². The Balaban J connectivity index is 1.94. The highest BCUT2D eigenvalue weighted by atomic mass is 19.4. The summed E-state index contributed by atoms with van der Waals surface area (Å²) in [5.41, 5.74) is 0.482. The molecule has 0 aliphatic heterocycles. The van der Waals surface area contributed by atoms with Crippen LogP contribution in [-0.4, -0.2) is 33.7 Å². The minimum atomic E-state index is -4.40. The highest BCUT2D eigenvalue weighted by Gasteiger charge is 2.30. The first kappa shape index (κ1) is 20.6. The van der Waals surface area contributed by atoms with E-state index in [9.17, 15) is 18.0 Å². The molecule has 0 spiro atoms. The van der Waals surface area contributed by atoms with E-state index < -0.39 is 11.7 Å². The van der Waals surface area contributed by atoms with E-state index in [1.807, 2.05) is 19.2 Å². The maximum Gasteiger partial charge on any atom is 0.416 e. The smallest absolute Gasteiger partial charge is 0.416 e. The molecule has 2 rings (SSSR count). The fourth-order valence-electron chi connectivity index (χ4n) is 2.61. The lowest BCUT2D eigenvalue weighted by molar-refractivity contribution is -0.885. The Labute approximate surface area is 155 Å². The van der Waals surface area contributed by atoms with Gasteiger partial charge in [-0.15, -0.1) is 0 Å². The van der Waals surface area contributed by atoms with Gasteiger partial charge in [0.25, 0.3) is 5.91 Å². The monoisotopic (exact) mass is 383 g/mol. The van der Waals surface area contributed by atoms with Crippen LogP contribution in [0.25, 0.3) is 0 Å². The van der Waals surface area contributed by atoms with Crippen LogP contribution < -0.4 is 19.7 Å². The number of carbonyl (C=O) groups is 1. The summed E-state index contributed by atoms with van der Waals surface area (Å²) >= 11 is 0. The lowest BCUT2D eigenvalue weighted by atomic mass is 10.1. The molecule has 5 nitrogen and oxygen atoms in total. The zero-order valence-electron chi connectivity index (χ0n) is 15.3. The largest absolute Gasteiger partial charge is 0.497 e. The van der Waals surface area contributed by atoms with Gasteiger partial charge in [0.15, 0.2) is 6.54 Å². The van der Waals surface area contributed by atoms with E-state index in [2.05, 4.69) is 5.32 Å². The summed E-state index contributed by atoms with van der Waals surface area (Å²) in [4.78, 5) is 13.0. The Morgan fingerprint density at radius 2 is 1.74 bits per heavy atom. The van der Waals surface area contributed by atoms with Gasteiger partial charge in [0.1, 0.15) is 18.0 Å². The van der Waals surface area contributed by atoms with Crippen LogP contribution in [0.5, 0.6) is 11.5 Å². The molecule has 1 unspecified atom stereocenters. The predicted molar refractivity (Wildman–Crippen MR) is 95.1 cm³/mol. The summed E-state index contributed by atoms with van der Waals surface area (Å²) in [5.74, 6) is 1.05. The highest BCUT2D eigenvalue weighted by Crippen LogP contribution is 2.29. The summed E-state index contributed by atoms with van der Waals surface area (Å²) in [6, 6.07) is 9.81. The van der Waals surface area contributed by atoms with Crippen molar-refractivity contribution in [2.24, 2.45) is 0 Å². The molecule has 27 heavy (non-hydrogen) atoms. The summed E-state index contributed by atoms with van der Waals surface area (Å²) in [7, 11) is 4.97. The van der Waals surface area contributed by atoms with Gasteiger partial charge in [-0.2, -0.15) is 13.2 Å². The molecule has 0 aliphatic carbocycles. The second kappa shape index (κ2) is 8.77. The normalized spacial score (nSPS) is 12.4. The molecule has 0 radical (unpaired) electrons. The number of carbonyl (C=O) groups excluding carboxylic acids is 1. The van der Waals surface area contributed by atoms with Crippen molar-refractivity contribution in [1.29, 1.82) is 0 Å². The SMILES string of the molecule is COc1ccc(C[NH+](C)CC(=O)Nc2ccc(C(F)(F)F)cc2)c(OC)c1. The molecule has 0 aromatic heterocycles. The molecule has 2 aromatic carbocycles. The minimum Gasteiger partial charge on any atom is -0.497 e. The number of methoxy groups -OCH3 is 2. The van der Waals surface area contributed by atoms with Crippen LogP contribution in [0, 0.1) is 0 Å². The molecule has 2 aromatic rings. The molecule has 2 N–H and O–H groups in total. The fraction of sp³-hybridized carbons (Fsp3) is 0.316. The first-order valence-corrected chi connectivity index (χ1v) is 8.22. The van der Waals surface area contributed by atoms with E-state index in [0.717, 1.165) is 22.6 Å². The van der Waals surface area contributed by atoms with Gasteiger partial charge in [0.2, 0.25) is 0 Å². The standard InChI is InChI=1S/C19H21F3N2O3/c1-24(11-13-4-9-16(26-2)10-17(13)27-3)12-18(25)23-15-7-5-14(6-8-15)19(20,21)22/h4-10H,11-12H2,1-3H3,(H,23,25)/p+1. The van der Waals surface area contributed by atoms with E-state index in [4.69, 9.17) is 9.47 Å². The second-order valence-corrected chi connectivity index (χ2v) is 6.11. The topological polar surface area (TPSA) is 52.0 Å². The van der Waals surface area contributed by atoms with Crippen LogP contribution >= 0.6 is 0 Å². The van der Waals surface area contributed by atoms with Crippen LogP contribution in [0.15, 0.2) is 42.5 Å². The number of alkyl halides is 3. The Morgan fingerprint density at radius 3 is 2.30 bits per heavy atom. The van der Waals surface area contributed by atoms with Crippen molar-refractivity contribution in [2.45, 2.75) is 12.7 Å². The van der Waals surface area contributed by atoms with Gasteiger partial charge in [-0.05, 0) is 36.4 Å². The number of benzene rings is 2. The number of rotatable bonds is 7.